The minimum atomic E-state index is 0. The molecule has 0 amide bonds. The van der Waals surface area contributed by atoms with Gasteiger partial charge in [0, 0.05) is 0 Å². The summed E-state index contributed by atoms with van der Waals surface area (Å²) in [6.45, 7) is 12.7. The molecule has 0 aromatic carbocycles. The molecule has 0 aliphatic heterocycles. The van der Waals surface area contributed by atoms with Gasteiger partial charge in [0.2, 0.25) is 0 Å². The molecule has 10 heavy (non-hydrogen) atoms. The van der Waals surface area contributed by atoms with Crippen LogP contribution >= 0.6 is 0 Å². The quantitative estimate of drug-likeness (QED) is 0.450. The molecule has 0 N–H and O–H groups in total. The van der Waals surface area contributed by atoms with Crippen LogP contribution in [0.4, 0.5) is 0 Å². The molecule has 1 nitrogen and oxygen atoms in total. The second-order valence-electron chi connectivity index (χ2n) is 4.45. The predicted octanol–water partition coefficient (Wildman–Crippen LogP) is -0.0389. The van der Waals surface area contributed by atoms with Gasteiger partial charge in [0.1, 0.15) is 0 Å². The molecule has 0 rings (SSSR count). The zero-order valence-electron chi connectivity index (χ0n) is 8.45. The summed E-state index contributed by atoms with van der Waals surface area (Å²) in [6, 6.07) is 0. The topological polar surface area (TPSA) is 14.1 Å². The van der Waals surface area contributed by atoms with E-state index in [9.17, 15) is 0 Å². The molecule has 0 unspecified atom stereocenters. The third kappa shape index (κ3) is 12.3. The average Bonchev–Trinajstić information content (AvgIpc) is 1.14. The van der Waals surface area contributed by atoms with Gasteiger partial charge in [0.05, 0.1) is 0 Å². The van der Waals surface area contributed by atoms with Gasteiger partial charge in [-0.25, -0.2) is 0 Å². The summed E-state index contributed by atoms with van der Waals surface area (Å²) in [6.07, 6.45) is 0. The van der Waals surface area contributed by atoms with E-state index in [1.54, 1.807) is 0 Å². The summed E-state index contributed by atoms with van der Waals surface area (Å²) in [5.74, 6) is 0. The molecule has 0 aliphatic rings. The Balaban J connectivity index is 0. The molecule has 0 fully saturated rings. The molecule has 0 aliphatic carbocycles. The second kappa shape index (κ2) is 4.58. The summed E-state index contributed by atoms with van der Waals surface area (Å²) in [5, 5.41) is 4.54. The Morgan fingerprint density at radius 3 is 0.900 bits per heavy atom. The molecule has 2 heteroatoms. The van der Waals surface area contributed by atoms with Crippen LogP contribution in [-0.2, 0) is 0 Å². The molecule has 0 radical (unpaired) electrons. The molecular weight excluding hydrogens is 149 g/mol. The second-order valence-corrected chi connectivity index (χ2v) is 4.45. The molecule has 0 saturated heterocycles. The van der Waals surface area contributed by atoms with E-state index in [0.29, 0.717) is 0 Å². The number of nitrogens with zero attached hydrogens (tertiary/aromatic N) is 1. The molecule has 0 saturated carbocycles. The largest absolute Gasteiger partial charge is 1.00 e. The van der Waals surface area contributed by atoms with Crippen LogP contribution in [0.3, 0.4) is 0 Å². The van der Waals surface area contributed by atoms with Crippen LogP contribution in [-0.4, -0.2) is 11.1 Å². The Labute approximate surface area is 108 Å². The van der Waals surface area contributed by atoms with Crippen LogP contribution in [0.15, 0.2) is 0 Å². The number of rotatable bonds is 0. The third-order valence-corrected chi connectivity index (χ3v) is 0.671. The molecule has 0 spiro atoms. The molecule has 0 heterocycles. The van der Waals surface area contributed by atoms with Gasteiger partial charge < -0.3 is 5.32 Å². The van der Waals surface area contributed by atoms with Gasteiger partial charge >= 0.3 is 51.4 Å². The van der Waals surface area contributed by atoms with Crippen LogP contribution < -0.4 is 51.4 Å². The first kappa shape index (κ1) is 14.1. The van der Waals surface area contributed by atoms with Crippen molar-refractivity contribution in [3.05, 3.63) is 5.32 Å². The van der Waals surface area contributed by atoms with Gasteiger partial charge in [-0.15, -0.1) is 11.1 Å². The fourth-order valence-electron chi connectivity index (χ4n) is 1.01. The standard InChI is InChI=1S/C8H18N.K/c1-7(2,3)9-8(4,5)6;/h1-6H3;/q-1;+1. The Kier molecular flexibility index (Phi) is 6.48. The first-order valence-corrected chi connectivity index (χ1v) is 3.45. The Bertz CT molecular complexity index is 74.4. The van der Waals surface area contributed by atoms with Crippen molar-refractivity contribution in [1.82, 2.24) is 0 Å². The van der Waals surface area contributed by atoms with E-state index in [1.165, 1.54) is 0 Å². The van der Waals surface area contributed by atoms with Gasteiger partial charge in [-0.3, -0.25) is 0 Å². The van der Waals surface area contributed by atoms with Gasteiger partial charge in [0.15, 0.2) is 0 Å². The van der Waals surface area contributed by atoms with E-state index in [2.05, 4.69) is 46.9 Å². The Hall–Kier alpha value is 1.60. The maximum absolute atomic E-state index is 4.54. The molecule has 0 aromatic rings. The van der Waals surface area contributed by atoms with Gasteiger partial charge in [0.25, 0.3) is 0 Å². The Morgan fingerprint density at radius 2 is 0.900 bits per heavy atom. The fourth-order valence-corrected chi connectivity index (χ4v) is 1.01. The average molecular weight is 167 g/mol. The smallest absolute Gasteiger partial charge is 0.653 e. The maximum Gasteiger partial charge on any atom is 1.00 e. The SMILES string of the molecule is CC(C)(C)[N-]C(C)(C)C.[K+]. The monoisotopic (exact) mass is 167 g/mol. The van der Waals surface area contributed by atoms with E-state index in [0.717, 1.165) is 0 Å². The normalized spacial score (nSPS) is 12.6. The first-order valence-electron chi connectivity index (χ1n) is 3.45. The molecule has 56 valence electrons. The summed E-state index contributed by atoms with van der Waals surface area (Å²) in [4.78, 5) is 0. The first-order chi connectivity index (χ1) is 3.71. The predicted molar refractivity (Wildman–Crippen MR) is 42.9 cm³/mol. The summed E-state index contributed by atoms with van der Waals surface area (Å²) in [7, 11) is 0. The van der Waals surface area contributed by atoms with Gasteiger partial charge in [-0.2, -0.15) is 0 Å². The fraction of sp³-hybridized carbons (Fsp3) is 1.00. The van der Waals surface area contributed by atoms with E-state index < -0.39 is 0 Å². The van der Waals surface area contributed by atoms with Crippen LogP contribution in [0, 0.1) is 0 Å². The van der Waals surface area contributed by atoms with Gasteiger partial charge in [-0.05, 0) is 0 Å². The van der Waals surface area contributed by atoms with Crippen molar-refractivity contribution in [2.75, 3.05) is 0 Å². The zero-order valence-corrected chi connectivity index (χ0v) is 11.6. The van der Waals surface area contributed by atoms with E-state index in [1.807, 2.05) is 0 Å². The van der Waals surface area contributed by atoms with Crippen molar-refractivity contribution in [2.24, 2.45) is 0 Å². The van der Waals surface area contributed by atoms with Crippen LogP contribution in [0.25, 0.3) is 5.32 Å². The van der Waals surface area contributed by atoms with Crippen molar-refractivity contribution in [3.63, 3.8) is 0 Å². The van der Waals surface area contributed by atoms with E-state index >= 15 is 0 Å². The summed E-state index contributed by atoms with van der Waals surface area (Å²) >= 11 is 0. The van der Waals surface area contributed by atoms with Crippen molar-refractivity contribution in [2.45, 2.75) is 52.6 Å². The van der Waals surface area contributed by atoms with Crippen molar-refractivity contribution >= 4 is 0 Å². The molecule has 0 bridgehead atoms. The molecule has 0 atom stereocenters. The van der Waals surface area contributed by atoms with E-state index in [4.69, 9.17) is 0 Å². The van der Waals surface area contributed by atoms with Crippen LogP contribution in [0.5, 0.6) is 0 Å². The van der Waals surface area contributed by atoms with Crippen LogP contribution in [0.2, 0.25) is 0 Å². The van der Waals surface area contributed by atoms with Crippen LogP contribution in [0.1, 0.15) is 41.5 Å². The van der Waals surface area contributed by atoms with E-state index in [-0.39, 0.29) is 62.5 Å². The third-order valence-electron chi connectivity index (χ3n) is 0.671. The summed E-state index contributed by atoms with van der Waals surface area (Å²) < 4.78 is 0. The van der Waals surface area contributed by atoms with Crippen molar-refractivity contribution in [3.8, 4) is 0 Å². The zero-order chi connectivity index (χ0) is 7.71. The van der Waals surface area contributed by atoms with Crippen molar-refractivity contribution < 1.29 is 51.4 Å². The summed E-state index contributed by atoms with van der Waals surface area (Å²) in [5.41, 5.74) is 0.219. The van der Waals surface area contributed by atoms with Gasteiger partial charge in [-0.1, -0.05) is 41.5 Å². The number of hydrogen-bond acceptors (Lipinski definition) is 0. The Morgan fingerprint density at radius 1 is 0.700 bits per heavy atom. The minimum Gasteiger partial charge on any atom is -0.653 e. The number of hydrogen-bond donors (Lipinski definition) is 0. The minimum absolute atomic E-state index is 0. The molecular formula is C8H18KN. The molecule has 0 aromatic heterocycles. The van der Waals surface area contributed by atoms with Crippen molar-refractivity contribution in [1.29, 1.82) is 0 Å². The maximum atomic E-state index is 4.54.